The molecule has 0 aliphatic rings. The van der Waals surface area contributed by atoms with Gasteiger partial charge in [-0.1, -0.05) is 48.5 Å². The summed E-state index contributed by atoms with van der Waals surface area (Å²) in [5.74, 6) is -0.360. The van der Waals surface area contributed by atoms with E-state index < -0.39 is 16.0 Å². The SMILES string of the molecule is CNS(=O)(=O)c1cc(/C=C/C(=O)OCc2nc3ccccc3c3ccccc23)ccc1OC. The average Bonchev–Trinajstić information content (AvgIpc) is 2.85. The molecule has 0 amide bonds. The molecule has 0 aliphatic heterocycles. The molecule has 0 unspecified atom stereocenters. The lowest BCUT2D eigenvalue weighted by Crippen LogP contribution is -2.19. The van der Waals surface area contributed by atoms with E-state index in [4.69, 9.17) is 9.47 Å². The Morgan fingerprint density at radius 2 is 1.70 bits per heavy atom. The number of hydrogen-bond acceptors (Lipinski definition) is 6. The third-order valence-electron chi connectivity index (χ3n) is 5.20. The second-order valence-corrected chi connectivity index (χ2v) is 9.04. The highest BCUT2D eigenvalue weighted by atomic mass is 32.2. The number of rotatable bonds is 7. The molecule has 168 valence electrons. The highest BCUT2D eigenvalue weighted by molar-refractivity contribution is 7.89. The van der Waals surface area contributed by atoms with E-state index in [-0.39, 0.29) is 17.3 Å². The van der Waals surface area contributed by atoms with Crippen molar-refractivity contribution in [2.24, 2.45) is 0 Å². The second kappa shape index (κ2) is 9.40. The standard InChI is InChI=1S/C25H22N2O5S/c1-26-33(29,30)24-15-17(11-13-23(24)31-2)12-14-25(28)32-16-22-20-9-4-3-7-18(20)19-8-5-6-10-21(19)27-22/h3-15,26H,16H2,1-2H3/b14-12+. The van der Waals surface area contributed by atoms with Crippen molar-refractivity contribution in [3.8, 4) is 5.75 Å². The largest absolute Gasteiger partial charge is 0.495 e. The van der Waals surface area contributed by atoms with Crippen LogP contribution in [-0.4, -0.2) is 33.5 Å². The van der Waals surface area contributed by atoms with Crippen LogP contribution in [0.15, 0.2) is 77.7 Å². The first-order valence-electron chi connectivity index (χ1n) is 10.2. The molecule has 1 heterocycles. The smallest absolute Gasteiger partial charge is 0.331 e. The number of pyridine rings is 1. The summed E-state index contributed by atoms with van der Waals surface area (Å²) in [5.41, 5.74) is 2.00. The van der Waals surface area contributed by atoms with Crippen LogP contribution in [0, 0.1) is 0 Å². The zero-order valence-corrected chi connectivity index (χ0v) is 18.9. The molecule has 7 nitrogen and oxygen atoms in total. The number of methoxy groups -OCH3 is 1. The molecule has 0 atom stereocenters. The van der Waals surface area contributed by atoms with Crippen LogP contribution in [0.25, 0.3) is 27.8 Å². The Hall–Kier alpha value is -3.75. The number of nitrogens with zero attached hydrogens (tertiary/aromatic N) is 1. The van der Waals surface area contributed by atoms with Crippen molar-refractivity contribution < 1.29 is 22.7 Å². The molecule has 0 spiro atoms. The number of sulfonamides is 1. The summed E-state index contributed by atoms with van der Waals surface area (Å²) in [6, 6.07) is 20.3. The average molecular weight is 463 g/mol. The quantitative estimate of drug-likeness (QED) is 0.253. The molecule has 8 heteroatoms. The Labute approximate surface area is 191 Å². The van der Waals surface area contributed by atoms with E-state index in [2.05, 4.69) is 9.71 Å². The van der Waals surface area contributed by atoms with Crippen LogP contribution < -0.4 is 9.46 Å². The first kappa shape index (κ1) is 22.4. The third-order valence-corrected chi connectivity index (χ3v) is 6.63. The first-order valence-corrected chi connectivity index (χ1v) is 11.6. The minimum absolute atomic E-state index is 0.0104. The lowest BCUT2D eigenvalue weighted by molar-refractivity contribution is -0.138. The minimum Gasteiger partial charge on any atom is -0.495 e. The summed E-state index contributed by atoms with van der Waals surface area (Å²) < 4.78 is 37.2. The third kappa shape index (κ3) is 4.72. The number of ether oxygens (including phenoxy) is 2. The topological polar surface area (TPSA) is 94.6 Å². The zero-order valence-electron chi connectivity index (χ0n) is 18.1. The van der Waals surface area contributed by atoms with Gasteiger partial charge in [-0.15, -0.1) is 0 Å². The van der Waals surface area contributed by atoms with Gasteiger partial charge in [-0.2, -0.15) is 0 Å². The van der Waals surface area contributed by atoms with Crippen LogP contribution in [0.3, 0.4) is 0 Å². The van der Waals surface area contributed by atoms with E-state index in [9.17, 15) is 13.2 Å². The molecule has 33 heavy (non-hydrogen) atoms. The van der Waals surface area contributed by atoms with Gasteiger partial charge in [0.15, 0.2) is 0 Å². The van der Waals surface area contributed by atoms with E-state index in [0.29, 0.717) is 11.3 Å². The van der Waals surface area contributed by atoms with Gasteiger partial charge in [-0.3, -0.25) is 0 Å². The number of esters is 1. The van der Waals surface area contributed by atoms with Gasteiger partial charge in [0.05, 0.1) is 18.3 Å². The normalized spacial score (nSPS) is 11.8. The number of aromatic nitrogens is 1. The Morgan fingerprint density at radius 1 is 1.00 bits per heavy atom. The van der Waals surface area contributed by atoms with Crippen LogP contribution >= 0.6 is 0 Å². The molecule has 0 saturated heterocycles. The fourth-order valence-corrected chi connectivity index (χ4v) is 4.48. The monoisotopic (exact) mass is 462 g/mol. The Kier molecular flexibility index (Phi) is 6.39. The van der Waals surface area contributed by atoms with Crippen molar-refractivity contribution >= 4 is 43.7 Å². The van der Waals surface area contributed by atoms with Gasteiger partial charge in [-0.05, 0) is 42.3 Å². The number of para-hydroxylation sites is 1. The second-order valence-electron chi connectivity index (χ2n) is 7.18. The molecular weight excluding hydrogens is 440 g/mol. The maximum atomic E-state index is 12.4. The van der Waals surface area contributed by atoms with Gasteiger partial charge in [0.1, 0.15) is 17.3 Å². The van der Waals surface area contributed by atoms with Crippen LogP contribution in [0.2, 0.25) is 0 Å². The number of carbonyl (C=O) groups excluding carboxylic acids is 1. The van der Waals surface area contributed by atoms with E-state index in [0.717, 1.165) is 21.7 Å². The van der Waals surface area contributed by atoms with Crippen molar-refractivity contribution in [1.82, 2.24) is 9.71 Å². The zero-order chi connectivity index (χ0) is 23.4. The molecule has 1 aromatic heterocycles. The molecule has 0 fully saturated rings. The highest BCUT2D eigenvalue weighted by Gasteiger charge is 2.17. The van der Waals surface area contributed by atoms with Crippen molar-refractivity contribution in [2.45, 2.75) is 11.5 Å². The van der Waals surface area contributed by atoms with Crippen molar-refractivity contribution in [2.75, 3.05) is 14.2 Å². The van der Waals surface area contributed by atoms with Gasteiger partial charge >= 0.3 is 5.97 Å². The molecule has 1 N–H and O–H groups in total. The molecule has 0 aliphatic carbocycles. The summed E-state index contributed by atoms with van der Waals surface area (Å²) in [6.45, 7) is 0.0104. The summed E-state index contributed by atoms with van der Waals surface area (Å²) in [4.78, 5) is 17.0. The summed E-state index contributed by atoms with van der Waals surface area (Å²) in [6.07, 6.45) is 2.74. The van der Waals surface area contributed by atoms with E-state index in [1.165, 1.54) is 38.4 Å². The van der Waals surface area contributed by atoms with Crippen LogP contribution in [-0.2, 0) is 26.2 Å². The van der Waals surface area contributed by atoms with E-state index in [1.807, 2.05) is 48.5 Å². The minimum atomic E-state index is -3.72. The Balaban J connectivity index is 1.55. The van der Waals surface area contributed by atoms with Crippen molar-refractivity contribution in [3.05, 3.63) is 84.1 Å². The lowest BCUT2D eigenvalue weighted by atomic mass is 10.0. The maximum Gasteiger partial charge on any atom is 0.331 e. The van der Waals surface area contributed by atoms with Gasteiger partial charge < -0.3 is 9.47 Å². The predicted molar refractivity (Wildman–Crippen MR) is 127 cm³/mol. The predicted octanol–water partition coefficient (Wildman–Crippen LogP) is 4.06. The van der Waals surface area contributed by atoms with Crippen molar-refractivity contribution in [1.29, 1.82) is 0 Å². The molecule has 3 aromatic carbocycles. The number of carbonyl (C=O) groups is 1. The van der Waals surface area contributed by atoms with E-state index in [1.54, 1.807) is 6.07 Å². The molecule has 0 bridgehead atoms. The molecular formula is C25H22N2O5S. The fraction of sp³-hybridized carbons (Fsp3) is 0.120. The number of hydrogen-bond donors (Lipinski definition) is 1. The molecule has 0 saturated carbocycles. The van der Waals surface area contributed by atoms with Gasteiger partial charge in [0, 0.05) is 16.8 Å². The molecule has 4 aromatic rings. The molecule has 0 radical (unpaired) electrons. The van der Waals surface area contributed by atoms with Gasteiger partial charge in [0.25, 0.3) is 0 Å². The highest BCUT2D eigenvalue weighted by Crippen LogP contribution is 2.27. The Bertz CT molecular complexity index is 1480. The van der Waals surface area contributed by atoms with Crippen molar-refractivity contribution in [3.63, 3.8) is 0 Å². The summed E-state index contributed by atoms with van der Waals surface area (Å²) >= 11 is 0. The lowest BCUT2D eigenvalue weighted by Gasteiger charge is -2.10. The fourth-order valence-electron chi connectivity index (χ4n) is 3.55. The summed E-state index contributed by atoms with van der Waals surface area (Å²) in [5, 5.41) is 3.00. The van der Waals surface area contributed by atoms with Crippen LogP contribution in [0.1, 0.15) is 11.3 Å². The number of fused-ring (bicyclic) bond motifs is 3. The van der Waals surface area contributed by atoms with Gasteiger partial charge in [0.2, 0.25) is 10.0 Å². The number of nitrogens with one attached hydrogen (secondary N) is 1. The van der Waals surface area contributed by atoms with Crippen LogP contribution in [0.4, 0.5) is 0 Å². The van der Waals surface area contributed by atoms with E-state index >= 15 is 0 Å². The summed E-state index contributed by atoms with van der Waals surface area (Å²) in [7, 11) is -1.01. The Morgan fingerprint density at radius 3 is 2.42 bits per heavy atom. The molecule has 4 rings (SSSR count). The first-order chi connectivity index (χ1) is 15.9. The number of benzene rings is 3. The maximum absolute atomic E-state index is 12.4. The van der Waals surface area contributed by atoms with Crippen LogP contribution in [0.5, 0.6) is 5.75 Å². The van der Waals surface area contributed by atoms with Gasteiger partial charge in [-0.25, -0.2) is 22.9 Å².